The second kappa shape index (κ2) is 5.73. The summed E-state index contributed by atoms with van der Waals surface area (Å²) in [5.74, 6) is 0. The first-order valence-corrected chi connectivity index (χ1v) is 7.23. The van der Waals surface area contributed by atoms with Gasteiger partial charge in [0, 0.05) is 33.0 Å². The fourth-order valence-electron chi connectivity index (χ4n) is 1.91. The number of hydrogen-bond acceptors (Lipinski definition) is 2. The van der Waals surface area contributed by atoms with Crippen LogP contribution in [0.25, 0.3) is 22.5 Å². The molecule has 0 aliphatic carbocycles. The van der Waals surface area contributed by atoms with Crippen molar-refractivity contribution < 1.29 is 0 Å². The SMILES string of the molecule is Clc1ccc(-c2cc(-c3ccc(Br)cn3)ccn2)cc1. The van der Waals surface area contributed by atoms with Gasteiger partial charge in [0.15, 0.2) is 0 Å². The van der Waals surface area contributed by atoms with Gasteiger partial charge in [0.1, 0.15) is 0 Å². The van der Waals surface area contributed by atoms with E-state index in [1.54, 1.807) is 12.4 Å². The zero-order valence-corrected chi connectivity index (χ0v) is 12.8. The van der Waals surface area contributed by atoms with Crippen LogP contribution in [-0.4, -0.2) is 9.97 Å². The average Bonchev–Trinajstić information content (AvgIpc) is 2.49. The fraction of sp³-hybridized carbons (Fsp3) is 0. The molecule has 0 aliphatic rings. The minimum Gasteiger partial charge on any atom is -0.256 e. The Morgan fingerprint density at radius 3 is 2.30 bits per heavy atom. The maximum Gasteiger partial charge on any atom is 0.0708 e. The summed E-state index contributed by atoms with van der Waals surface area (Å²) in [6, 6.07) is 15.6. The van der Waals surface area contributed by atoms with Gasteiger partial charge in [0.25, 0.3) is 0 Å². The molecule has 3 aromatic rings. The molecule has 0 saturated carbocycles. The van der Waals surface area contributed by atoms with Crippen molar-refractivity contribution in [1.29, 1.82) is 0 Å². The molecule has 0 N–H and O–H groups in total. The number of pyridine rings is 2. The number of benzene rings is 1. The maximum atomic E-state index is 5.91. The third-order valence-electron chi connectivity index (χ3n) is 2.92. The lowest BCUT2D eigenvalue weighted by molar-refractivity contribution is 1.28. The van der Waals surface area contributed by atoms with Gasteiger partial charge in [-0.2, -0.15) is 0 Å². The Morgan fingerprint density at radius 1 is 0.800 bits per heavy atom. The van der Waals surface area contributed by atoms with Crippen LogP contribution in [0, 0.1) is 0 Å². The van der Waals surface area contributed by atoms with E-state index in [0.717, 1.165) is 32.0 Å². The molecule has 0 fully saturated rings. The first-order valence-electron chi connectivity index (χ1n) is 6.06. The average molecular weight is 346 g/mol. The Bertz CT molecular complexity index is 663. The molecule has 0 radical (unpaired) electrons. The zero-order valence-electron chi connectivity index (χ0n) is 10.4. The van der Waals surface area contributed by atoms with Gasteiger partial charge in [0.2, 0.25) is 0 Å². The summed E-state index contributed by atoms with van der Waals surface area (Å²) in [6.07, 6.45) is 3.58. The van der Waals surface area contributed by atoms with Crippen LogP contribution in [0.1, 0.15) is 0 Å². The largest absolute Gasteiger partial charge is 0.256 e. The van der Waals surface area contributed by atoms with Crippen LogP contribution in [0.15, 0.2) is 65.4 Å². The predicted molar refractivity (Wildman–Crippen MR) is 85.6 cm³/mol. The molecular formula is C16H10BrClN2. The molecular weight excluding hydrogens is 336 g/mol. The monoisotopic (exact) mass is 344 g/mol. The molecule has 0 bridgehead atoms. The molecule has 2 heterocycles. The molecule has 2 aromatic heterocycles. The molecule has 0 aliphatic heterocycles. The highest BCUT2D eigenvalue weighted by Gasteiger charge is 2.04. The van der Waals surface area contributed by atoms with Crippen LogP contribution in [0.2, 0.25) is 5.02 Å². The first kappa shape index (κ1) is 13.3. The summed E-state index contributed by atoms with van der Waals surface area (Å²) < 4.78 is 0.966. The molecule has 0 spiro atoms. The lowest BCUT2D eigenvalue weighted by atomic mass is 10.1. The van der Waals surface area contributed by atoms with E-state index in [1.165, 1.54) is 0 Å². The van der Waals surface area contributed by atoms with Gasteiger partial charge in [-0.05, 0) is 52.3 Å². The number of nitrogens with zero attached hydrogens (tertiary/aromatic N) is 2. The van der Waals surface area contributed by atoms with E-state index < -0.39 is 0 Å². The second-order valence-electron chi connectivity index (χ2n) is 4.30. The summed E-state index contributed by atoms with van der Waals surface area (Å²) in [5.41, 5.74) is 3.90. The fourth-order valence-corrected chi connectivity index (χ4v) is 2.28. The van der Waals surface area contributed by atoms with Gasteiger partial charge in [-0.25, -0.2) is 0 Å². The van der Waals surface area contributed by atoms with Crippen LogP contribution in [0.3, 0.4) is 0 Å². The van der Waals surface area contributed by atoms with Gasteiger partial charge in [-0.1, -0.05) is 23.7 Å². The lowest BCUT2D eigenvalue weighted by Crippen LogP contribution is -1.87. The van der Waals surface area contributed by atoms with Crippen LogP contribution < -0.4 is 0 Å². The Balaban J connectivity index is 2.01. The van der Waals surface area contributed by atoms with E-state index in [-0.39, 0.29) is 0 Å². The van der Waals surface area contributed by atoms with Crippen molar-refractivity contribution in [1.82, 2.24) is 9.97 Å². The van der Waals surface area contributed by atoms with Crippen molar-refractivity contribution in [2.45, 2.75) is 0 Å². The van der Waals surface area contributed by atoms with Crippen molar-refractivity contribution in [3.8, 4) is 22.5 Å². The van der Waals surface area contributed by atoms with Crippen LogP contribution in [0.4, 0.5) is 0 Å². The Kier molecular flexibility index (Phi) is 3.81. The van der Waals surface area contributed by atoms with E-state index in [4.69, 9.17) is 11.6 Å². The Hall–Kier alpha value is -1.71. The van der Waals surface area contributed by atoms with Crippen molar-refractivity contribution >= 4 is 27.5 Å². The third kappa shape index (κ3) is 2.89. The summed E-state index contributed by atoms with van der Waals surface area (Å²) in [6.45, 7) is 0. The highest BCUT2D eigenvalue weighted by molar-refractivity contribution is 9.10. The van der Waals surface area contributed by atoms with Crippen molar-refractivity contribution in [2.24, 2.45) is 0 Å². The zero-order chi connectivity index (χ0) is 13.9. The third-order valence-corrected chi connectivity index (χ3v) is 3.64. The summed E-state index contributed by atoms with van der Waals surface area (Å²) in [5, 5.41) is 0.722. The number of aromatic nitrogens is 2. The molecule has 0 amide bonds. The van der Waals surface area contributed by atoms with Crippen molar-refractivity contribution in [3.05, 3.63) is 70.4 Å². The molecule has 4 heteroatoms. The number of hydrogen-bond donors (Lipinski definition) is 0. The highest BCUT2D eigenvalue weighted by Crippen LogP contribution is 2.25. The van der Waals surface area contributed by atoms with E-state index in [2.05, 4.69) is 25.9 Å². The number of halogens is 2. The topological polar surface area (TPSA) is 25.8 Å². The van der Waals surface area contributed by atoms with Crippen LogP contribution in [0.5, 0.6) is 0 Å². The summed E-state index contributed by atoms with van der Waals surface area (Å²) in [7, 11) is 0. The van der Waals surface area contributed by atoms with Gasteiger partial charge >= 0.3 is 0 Å². The summed E-state index contributed by atoms with van der Waals surface area (Å²) >= 11 is 9.29. The Labute approximate surface area is 130 Å². The first-order chi connectivity index (χ1) is 9.72. The van der Waals surface area contributed by atoms with Gasteiger partial charge in [0.05, 0.1) is 11.4 Å². The number of rotatable bonds is 2. The van der Waals surface area contributed by atoms with E-state index in [0.29, 0.717) is 0 Å². The summed E-state index contributed by atoms with van der Waals surface area (Å²) in [4.78, 5) is 8.80. The lowest BCUT2D eigenvalue weighted by Gasteiger charge is -2.05. The van der Waals surface area contributed by atoms with Gasteiger partial charge in [-0.15, -0.1) is 0 Å². The molecule has 1 aromatic carbocycles. The van der Waals surface area contributed by atoms with E-state index >= 15 is 0 Å². The normalized spacial score (nSPS) is 10.5. The molecule has 0 unspecified atom stereocenters. The second-order valence-corrected chi connectivity index (χ2v) is 5.65. The van der Waals surface area contributed by atoms with E-state index in [9.17, 15) is 0 Å². The molecule has 98 valence electrons. The smallest absolute Gasteiger partial charge is 0.0708 e. The van der Waals surface area contributed by atoms with E-state index in [1.807, 2.05) is 48.5 Å². The minimum atomic E-state index is 0.722. The molecule has 2 nitrogen and oxygen atoms in total. The molecule has 0 saturated heterocycles. The highest BCUT2D eigenvalue weighted by atomic mass is 79.9. The quantitative estimate of drug-likeness (QED) is 0.636. The molecule has 20 heavy (non-hydrogen) atoms. The Morgan fingerprint density at radius 2 is 1.60 bits per heavy atom. The standard InChI is InChI=1S/C16H10BrClN2/c17-13-3-6-15(20-10-13)12-7-8-19-16(9-12)11-1-4-14(18)5-2-11/h1-10H. The molecule has 0 atom stereocenters. The van der Waals surface area contributed by atoms with Crippen LogP contribution in [-0.2, 0) is 0 Å². The van der Waals surface area contributed by atoms with Crippen LogP contribution >= 0.6 is 27.5 Å². The van der Waals surface area contributed by atoms with Gasteiger partial charge < -0.3 is 0 Å². The van der Waals surface area contributed by atoms with Crippen molar-refractivity contribution in [3.63, 3.8) is 0 Å². The minimum absolute atomic E-state index is 0.722. The molecule has 3 rings (SSSR count). The maximum absolute atomic E-state index is 5.91. The van der Waals surface area contributed by atoms with Crippen molar-refractivity contribution in [2.75, 3.05) is 0 Å². The van der Waals surface area contributed by atoms with Gasteiger partial charge in [-0.3, -0.25) is 9.97 Å². The predicted octanol–water partition coefficient (Wildman–Crippen LogP) is 5.23.